The van der Waals surface area contributed by atoms with E-state index in [1.165, 1.54) is 0 Å². The molecule has 0 bridgehead atoms. The quantitative estimate of drug-likeness (QED) is 0.866. The fraction of sp³-hybridized carbons (Fsp3) is 0.600. The second-order valence-corrected chi connectivity index (χ2v) is 7.48. The summed E-state index contributed by atoms with van der Waals surface area (Å²) < 4.78 is 5.19. The molecule has 0 aromatic heterocycles. The first-order chi connectivity index (χ1) is 12.6. The molecule has 2 fully saturated rings. The second kappa shape index (κ2) is 8.43. The van der Waals surface area contributed by atoms with Crippen molar-refractivity contribution in [1.82, 2.24) is 10.2 Å². The zero-order valence-corrected chi connectivity index (χ0v) is 15.7. The molecular weight excluding hydrogens is 330 g/mol. The van der Waals surface area contributed by atoms with Crippen LogP contribution in [0.3, 0.4) is 0 Å². The van der Waals surface area contributed by atoms with Gasteiger partial charge in [-0.05, 0) is 56.6 Å². The van der Waals surface area contributed by atoms with Gasteiger partial charge in [0, 0.05) is 24.3 Å². The highest BCUT2D eigenvalue weighted by atomic mass is 16.5. The van der Waals surface area contributed by atoms with Gasteiger partial charge < -0.3 is 20.3 Å². The van der Waals surface area contributed by atoms with Crippen LogP contribution in [0.15, 0.2) is 24.3 Å². The summed E-state index contributed by atoms with van der Waals surface area (Å²) in [5.41, 5.74) is 0.683. The molecule has 1 atom stereocenters. The molecular formula is C20H29N3O3. The molecule has 0 spiro atoms. The van der Waals surface area contributed by atoms with Crippen LogP contribution in [0.5, 0.6) is 5.75 Å². The Kier molecular flexibility index (Phi) is 6.01. The molecule has 1 aromatic carbocycles. The van der Waals surface area contributed by atoms with Gasteiger partial charge in [-0.1, -0.05) is 13.0 Å². The zero-order valence-electron chi connectivity index (χ0n) is 15.7. The van der Waals surface area contributed by atoms with Crippen LogP contribution < -0.4 is 15.4 Å². The average molecular weight is 359 g/mol. The third-order valence-corrected chi connectivity index (χ3v) is 5.50. The molecule has 1 aliphatic carbocycles. The van der Waals surface area contributed by atoms with E-state index in [1.807, 2.05) is 18.2 Å². The standard InChI is InChI=1S/C20H29N3O3/c1-14-8-10-15(11-9-14)22-20(25)23-12-4-7-18(23)19(24)21-16-5-3-6-17(13-16)26-2/h3,5-6,13-15,18H,4,7-12H2,1-2H3,(H,21,24)(H,22,25). The third kappa shape index (κ3) is 4.48. The smallest absolute Gasteiger partial charge is 0.318 e. The minimum atomic E-state index is -0.413. The lowest BCUT2D eigenvalue weighted by atomic mass is 9.87. The molecule has 6 nitrogen and oxygen atoms in total. The van der Waals surface area contributed by atoms with Crippen molar-refractivity contribution in [2.24, 2.45) is 5.92 Å². The van der Waals surface area contributed by atoms with Crippen molar-refractivity contribution in [3.8, 4) is 5.75 Å². The number of hydrogen-bond donors (Lipinski definition) is 2. The van der Waals surface area contributed by atoms with Gasteiger partial charge in [0.2, 0.25) is 5.91 Å². The Morgan fingerprint density at radius 1 is 1.15 bits per heavy atom. The number of nitrogens with zero attached hydrogens (tertiary/aromatic N) is 1. The number of anilines is 1. The van der Waals surface area contributed by atoms with Crippen LogP contribution in [0.2, 0.25) is 0 Å². The monoisotopic (exact) mass is 359 g/mol. The second-order valence-electron chi connectivity index (χ2n) is 7.48. The maximum absolute atomic E-state index is 12.7. The number of carbonyl (C=O) groups excluding carboxylic acids is 2. The average Bonchev–Trinajstić information content (AvgIpc) is 3.14. The lowest BCUT2D eigenvalue weighted by Crippen LogP contribution is -2.50. The Balaban J connectivity index is 1.58. The van der Waals surface area contributed by atoms with E-state index in [-0.39, 0.29) is 18.0 Å². The van der Waals surface area contributed by atoms with E-state index in [2.05, 4.69) is 17.6 Å². The summed E-state index contributed by atoms with van der Waals surface area (Å²) in [4.78, 5) is 27.1. The Bertz CT molecular complexity index is 641. The molecule has 6 heteroatoms. The summed E-state index contributed by atoms with van der Waals surface area (Å²) >= 11 is 0. The molecule has 1 aliphatic heterocycles. The normalized spacial score (nSPS) is 25.6. The van der Waals surface area contributed by atoms with Crippen molar-refractivity contribution in [2.45, 2.75) is 57.5 Å². The van der Waals surface area contributed by atoms with Gasteiger partial charge in [-0.2, -0.15) is 0 Å². The Morgan fingerprint density at radius 2 is 1.92 bits per heavy atom. The number of benzene rings is 1. The fourth-order valence-corrected chi connectivity index (χ4v) is 3.87. The maximum atomic E-state index is 12.7. The number of nitrogens with one attached hydrogen (secondary N) is 2. The first-order valence-electron chi connectivity index (χ1n) is 9.59. The molecule has 3 rings (SSSR count). The molecule has 1 saturated heterocycles. The van der Waals surface area contributed by atoms with Crippen molar-refractivity contribution in [1.29, 1.82) is 0 Å². The van der Waals surface area contributed by atoms with Gasteiger partial charge in [0.05, 0.1) is 7.11 Å². The Labute approximate surface area is 155 Å². The SMILES string of the molecule is COc1cccc(NC(=O)C2CCCN2C(=O)NC2CCC(C)CC2)c1. The van der Waals surface area contributed by atoms with Crippen molar-refractivity contribution in [3.05, 3.63) is 24.3 Å². The van der Waals surface area contributed by atoms with E-state index in [0.29, 0.717) is 24.4 Å². The van der Waals surface area contributed by atoms with E-state index in [4.69, 9.17) is 4.74 Å². The molecule has 1 saturated carbocycles. The lowest BCUT2D eigenvalue weighted by Gasteiger charge is -2.30. The van der Waals surface area contributed by atoms with Gasteiger partial charge in [0.25, 0.3) is 0 Å². The minimum Gasteiger partial charge on any atom is -0.497 e. The molecule has 142 valence electrons. The lowest BCUT2D eigenvalue weighted by molar-refractivity contribution is -0.119. The summed E-state index contributed by atoms with van der Waals surface area (Å²) in [6, 6.07) is 6.98. The summed E-state index contributed by atoms with van der Waals surface area (Å²) in [6.07, 6.45) is 5.93. The number of methoxy groups -OCH3 is 1. The van der Waals surface area contributed by atoms with Gasteiger partial charge in [-0.15, -0.1) is 0 Å². The van der Waals surface area contributed by atoms with Gasteiger partial charge in [-0.25, -0.2) is 4.79 Å². The summed E-state index contributed by atoms with van der Waals surface area (Å²) in [5.74, 6) is 1.30. The zero-order chi connectivity index (χ0) is 18.5. The van der Waals surface area contributed by atoms with Crippen molar-refractivity contribution < 1.29 is 14.3 Å². The number of ether oxygens (including phenoxy) is 1. The summed E-state index contributed by atoms with van der Waals surface area (Å²) in [5, 5.41) is 6.05. The molecule has 1 aromatic rings. The maximum Gasteiger partial charge on any atom is 0.318 e. The number of urea groups is 1. The van der Waals surface area contributed by atoms with Crippen LogP contribution >= 0.6 is 0 Å². The Hall–Kier alpha value is -2.24. The number of likely N-dealkylation sites (tertiary alicyclic amines) is 1. The molecule has 1 unspecified atom stereocenters. The predicted octanol–water partition coefficient (Wildman–Crippen LogP) is 3.39. The van der Waals surface area contributed by atoms with Crippen molar-refractivity contribution in [2.75, 3.05) is 19.0 Å². The minimum absolute atomic E-state index is 0.104. The first-order valence-corrected chi connectivity index (χ1v) is 9.59. The van der Waals surface area contributed by atoms with Gasteiger partial charge in [0.1, 0.15) is 11.8 Å². The highest BCUT2D eigenvalue weighted by Crippen LogP contribution is 2.25. The number of amides is 3. The van der Waals surface area contributed by atoms with E-state index >= 15 is 0 Å². The van der Waals surface area contributed by atoms with Crippen molar-refractivity contribution in [3.63, 3.8) is 0 Å². The highest BCUT2D eigenvalue weighted by molar-refractivity contribution is 5.97. The predicted molar refractivity (Wildman–Crippen MR) is 101 cm³/mol. The largest absolute Gasteiger partial charge is 0.497 e. The van der Waals surface area contributed by atoms with Gasteiger partial charge >= 0.3 is 6.03 Å². The molecule has 1 heterocycles. The van der Waals surface area contributed by atoms with E-state index in [0.717, 1.165) is 38.0 Å². The molecule has 0 radical (unpaired) electrons. The third-order valence-electron chi connectivity index (χ3n) is 5.50. The molecule has 2 N–H and O–H groups in total. The van der Waals surface area contributed by atoms with Gasteiger partial charge in [-0.3, -0.25) is 4.79 Å². The molecule has 26 heavy (non-hydrogen) atoms. The number of rotatable bonds is 4. The Morgan fingerprint density at radius 3 is 2.65 bits per heavy atom. The van der Waals surface area contributed by atoms with Crippen molar-refractivity contribution >= 4 is 17.6 Å². The van der Waals surface area contributed by atoms with E-state index in [9.17, 15) is 9.59 Å². The molecule has 2 aliphatic rings. The van der Waals surface area contributed by atoms with Crippen LogP contribution in [0, 0.1) is 5.92 Å². The summed E-state index contributed by atoms with van der Waals surface area (Å²) in [7, 11) is 1.59. The van der Waals surface area contributed by atoms with Crippen LogP contribution in [0.4, 0.5) is 10.5 Å². The van der Waals surface area contributed by atoms with E-state index in [1.54, 1.807) is 18.1 Å². The first kappa shape index (κ1) is 18.5. The number of carbonyl (C=O) groups is 2. The fourth-order valence-electron chi connectivity index (χ4n) is 3.87. The van der Waals surface area contributed by atoms with E-state index < -0.39 is 6.04 Å². The van der Waals surface area contributed by atoms with Crippen LogP contribution in [-0.2, 0) is 4.79 Å². The number of hydrogen-bond acceptors (Lipinski definition) is 3. The van der Waals surface area contributed by atoms with Crippen LogP contribution in [0.25, 0.3) is 0 Å². The van der Waals surface area contributed by atoms with Crippen LogP contribution in [-0.4, -0.2) is 42.6 Å². The van der Waals surface area contributed by atoms with Gasteiger partial charge in [0.15, 0.2) is 0 Å². The molecule has 3 amide bonds. The highest BCUT2D eigenvalue weighted by Gasteiger charge is 2.35. The summed E-state index contributed by atoms with van der Waals surface area (Å²) in [6.45, 7) is 2.89. The topological polar surface area (TPSA) is 70.7 Å². The van der Waals surface area contributed by atoms with Crippen LogP contribution in [0.1, 0.15) is 45.4 Å².